The summed E-state index contributed by atoms with van der Waals surface area (Å²) in [6.07, 6.45) is 1.92. The van der Waals surface area contributed by atoms with Crippen LogP contribution < -0.4 is 0 Å². The summed E-state index contributed by atoms with van der Waals surface area (Å²) in [6.45, 7) is 3.17. The zero-order valence-electron chi connectivity index (χ0n) is 11.1. The van der Waals surface area contributed by atoms with Crippen LogP contribution in [0.1, 0.15) is 30.8 Å². The normalized spacial score (nSPS) is 13.8. The van der Waals surface area contributed by atoms with Crippen molar-refractivity contribution in [3.63, 3.8) is 0 Å². The summed E-state index contributed by atoms with van der Waals surface area (Å²) in [5.41, 5.74) is 0. The van der Waals surface area contributed by atoms with Gasteiger partial charge in [0.05, 0.1) is 24.8 Å². The van der Waals surface area contributed by atoms with E-state index in [4.69, 9.17) is 9.52 Å². The lowest BCUT2D eigenvalue weighted by atomic mass is 10.1. The highest BCUT2D eigenvalue weighted by Gasteiger charge is 2.28. The van der Waals surface area contributed by atoms with Crippen LogP contribution in [0.25, 0.3) is 0 Å². The van der Waals surface area contributed by atoms with Crippen LogP contribution in [0.5, 0.6) is 0 Å². The van der Waals surface area contributed by atoms with E-state index in [1.807, 2.05) is 6.92 Å². The van der Waals surface area contributed by atoms with Crippen molar-refractivity contribution in [2.24, 2.45) is 5.92 Å². The van der Waals surface area contributed by atoms with Crippen molar-refractivity contribution in [1.82, 2.24) is 4.90 Å². The van der Waals surface area contributed by atoms with E-state index in [1.54, 1.807) is 6.07 Å². The molecule has 1 rings (SSSR count). The first-order valence-electron chi connectivity index (χ1n) is 6.19. The van der Waals surface area contributed by atoms with Crippen LogP contribution >= 0.6 is 0 Å². The van der Waals surface area contributed by atoms with Crippen LogP contribution in [0, 0.1) is 5.92 Å². The van der Waals surface area contributed by atoms with E-state index < -0.39 is 23.8 Å². The van der Waals surface area contributed by atoms with Crippen LogP contribution in [-0.4, -0.2) is 46.2 Å². The molecule has 0 aliphatic heterocycles. The van der Waals surface area contributed by atoms with Crippen molar-refractivity contribution >= 4 is 11.9 Å². The molecule has 2 unspecified atom stereocenters. The van der Waals surface area contributed by atoms with Gasteiger partial charge in [0.2, 0.25) is 0 Å². The molecule has 1 amide bonds. The molecule has 6 nitrogen and oxygen atoms in total. The van der Waals surface area contributed by atoms with Crippen LogP contribution in [0.2, 0.25) is 0 Å². The Balaban J connectivity index is 2.91. The van der Waals surface area contributed by atoms with Gasteiger partial charge in [-0.2, -0.15) is 0 Å². The average molecular weight is 269 g/mol. The maximum Gasteiger partial charge on any atom is 0.308 e. The average Bonchev–Trinajstić information content (AvgIpc) is 2.91. The molecule has 1 heterocycles. The molecule has 6 heteroatoms. The summed E-state index contributed by atoms with van der Waals surface area (Å²) in [5, 5.41) is 18.3. The van der Waals surface area contributed by atoms with Gasteiger partial charge in [0.15, 0.2) is 5.76 Å². The van der Waals surface area contributed by atoms with Crippen LogP contribution in [0.15, 0.2) is 22.8 Å². The minimum Gasteiger partial charge on any atom is -0.481 e. The van der Waals surface area contributed by atoms with E-state index in [2.05, 4.69) is 0 Å². The fraction of sp³-hybridized carbons (Fsp3) is 0.538. The van der Waals surface area contributed by atoms with Crippen molar-refractivity contribution in [2.45, 2.75) is 26.3 Å². The zero-order valence-corrected chi connectivity index (χ0v) is 11.1. The first-order valence-corrected chi connectivity index (χ1v) is 6.19. The number of furan rings is 1. The number of carboxylic acids is 1. The molecule has 106 valence electrons. The van der Waals surface area contributed by atoms with Gasteiger partial charge in [-0.15, -0.1) is 0 Å². The molecule has 0 aromatic carbocycles. The Morgan fingerprint density at radius 2 is 2.16 bits per heavy atom. The predicted octanol–water partition coefficient (Wildman–Crippen LogP) is 1.21. The molecule has 0 saturated carbocycles. The summed E-state index contributed by atoms with van der Waals surface area (Å²) in [4.78, 5) is 24.5. The summed E-state index contributed by atoms with van der Waals surface area (Å²) >= 11 is 0. The van der Waals surface area contributed by atoms with Crippen LogP contribution in [0.4, 0.5) is 0 Å². The van der Waals surface area contributed by atoms with Gasteiger partial charge < -0.3 is 19.5 Å². The number of carbonyl (C=O) groups is 2. The fourth-order valence-electron chi connectivity index (χ4n) is 1.76. The quantitative estimate of drug-likeness (QED) is 0.776. The number of aliphatic carboxylic acids is 1. The molecular formula is C13H19NO5. The van der Waals surface area contributed by atoms with E-state index >= 15 is 0 Å². The number of carboxylic acid groups (broad SMARTS) is 1. The van der Waals surface area contributed by atoms with Crippen molar-refractivity contribution < 1.29 is 24.2 Å². The maximum atomic E-state index is 12.3. The third kappa shape index (κ3) is 3.82. The Bertz CT molecular complexity index is 411. The maximum absolute atomic E-state index is 12.3. The largest absolute Gasteiger partial charge is 0.481 e. The number of hydrogen-bond acceptors (Lipinski definition) is 4. The Kier molecular flexibility index (Phi) is 5.57. The molecule has 0 fully saturated rings. The SMILES string of the molecule is CCC(CO)N(CC(C)C(=O)O)C(=O)c1ccco1. The third-order valence-corrected chi connectivity index (χ3v) is 3.01. The zero-order chi connectivity index (χ0) is 14.4. The van der Waals surface area contributed by atoms with Gasteiger partial charge >= 0.3 is 5.97 Å². The van der Waals surface area contributed by atoms with Gasteiger partial charge in [-0.05, 0) is 18.6 Å². The Hall–Kier alpha value is -1.82. The van der Waals surface area contributed by atoms with Crippen molar-refractivity contribution in [1.29, 1.82) is 0 Å². The monoisotopic (exact) mass is 269 g/mol. The number of rotatable bonds is 7. The molecule has 0 saturated heterocycles. The van der Waals surface area contributed by atoms with Gasteiger partial charge in [0, 0.05) is 6.54 Å². The molecule has 0 aliphatic carbocycles. The summed E-state index contributed by atoms with van der Waals surface area (Å²) in [6, 6.07) is 2.69. The second-order valence-corrected chi connectivity index (χ2v) is 4.42. The summed E-state index contributed by atoms with van der Waals surface area (Å²) in [7, 11) is 0. The van der Waals surface area contributed by atoms with Crippen molar-refractivity contribution in [3.05, 3.63) is 24.2 Å². The third-order valence-electron chi connectivity index (χ3n) is 3.01. The number of carbonyl (C=O) groups excluding carboxylic acids is 1. The van der Waals surface area contributed by atoms with E-state index in [0.717, 1.165) is 0 Å². The highest BCUT2D eigenvalue weighted by molar-refractivity contribution is 5.92. The molecule has 1 aromatic rings. The number of nitrogens with zero attached hydrogens (tertiary/aromatic N) is 1. The molecule has 0 bridgehead atoms. The lowest BCUT2D eigenvalue weighted by Gasteiger charge is -2.30. The van der Waals surface area contributed by atoms with E-state index in [-0.39, 0.29) is 18.9 Å². The molecular weight excluding hydrogens is 250 g/mol. The second-order valence-electron chi connectivity index (χ2n) is 4.42. The minimum atomic E-state index is -0.981. The van der Waals surface area contributed by atoms with Crippen molar-refractivity contribution in [2.75, 3.05) is 13.2 Å². The molecule has 0 spiro atoms. The lowest BCUT2D eigenvalue weighted by Crippen LogP contribution is -2.45. The Morgan fingerprint density at radius 3 is 2.58 bits per heavy atom. The summed E-state index contributed by atoms with van der Waals surface area (Å²) in [5.74, 6) is -1.95. The highest BCUT2D eigenvalue weighted by Crippen LogP contribution is 2.14. The summed E-state index contributed by atoms with van der Waals surface area (Å²) < 4.78 is 5.04. The first kappa shape index (κ1) is 15.2. The van der Waals surface area contributed by atoms with E-state index in [0.29, 0.717) is 6.42 Å². The molecule has 1 aromatic heterocycles. The number of hydrogen-bond donors (Lipinski definition) is 2. The molecule has 0 radical (unpaired) electrons. The fourth-order valence-corrected chi connectivity index (χ4v) is 1.76. The number of amides is 1. The standard InChI is InChI=1S/C13H19NO5/c1-3-10(8-15)14(7-9(2)13(17)18)12(16)11-5-4-6-19-11/h4-6,9-10,15H,3,7-8H2,1-2H3,(H,17,18). The molecule has 0 aliphatic rings. The van der Waals surface area contributed by atoms with Gasteiger partial charge in [-0.3, -0.25) is 9.59 Å². The Labute approximate surface area is 111 Å². The van der Waals surface area contributed by atoms with Gasteiger partial charge in [0.1, 0.15) is 0 Å². The molecule has 2 atom stereocenters. The van der Waals surface area contributed by atoms with Gasteiger partial charge in [0.25, 0.3) is 5.91 Å². The predicted molar refractivity (Wildman–Crippen MR) is 67.7 cm³/mol. The van der Waals surface area contributed by atoms with Crippen LogP contribution in [-0.2, 0) is 4.79 Å². The van der Waals surface area contributed by atoms with Gasteiger partial charge in [-0.1, -0.05) is 13.8 Å². The van der Waals surface area contributed by atoms with Gasteiger partial charge in [-0.25, -0.2) is 0 Å². The number of aliphatic hydroxyl groups is 1. The Morgan fingerprint density at radius 1 is 1.47 bits per heavy atom. The minimum absolute atomic E-state index is 0.0356. The second kappa shape index (κ2) is 6.94. The smallest absolute Gasteiger partial charge is 0.308 e. The van der Waals surface area contributed by atoms with E-state index in [1.165, 1.54) is 24.2 Å². The van der Waals surface area contributed by atoms with Crippen LogP contribution in [0.3, 0.4) is 0 Å². The number of aliphatic hydroxyl groups excluding tert-OH is 1. The molecule has 19 heavy (non-hydrogen) atoms. The topological polar surface area (TPSA) is 91.0 Å². The van der Waals surface area contributed by atoms with Crippen molar-refractivity contribution in [3.8, 4) is 0 Å². The first-order chi connectivity index (χ1) is 9.01. The van der Waals surface area contributed by atoms with E-state index in [9.17, 15) is 14.7 Å². The lowest BCUT2D eigenvalue weighted by molar-refractivity contribution is -0.141. The highest BCUT2D eigenvalue weighted by atomic mass is 16.4. The molecule has 2 N–H and O–H groups in total.